The zero-order chi connectivity index (χ0) is 16.3. The Morgan fingerprint density at radius 2 is 2.08 bits per heavy atom. The van der Waals surface area contributed by atoms with E-state index in [4.69, 9.17) is 11.6 Å². The van der Waals surface area contributed by atoms with Gasteiger partial charge in [0.05, 0.1) is 16.1 Å². The molecule has 1 spiro atoms. The molecule has 0 bridgehead atoms. The Balaban J connectivity index is 1.75. The molecule has 120 valence electrons. The van der Waals surface area contributed by atoms with Gasteiger partial charge >= 0.3 is 0 Å². The fraction of sp³-hybridized carbons (Fsp3) is 0.278. The number of rotatable bonds is 1. The van der Waals surface area contributed by atoms with Crippen molar-refractivity contribution >= 4 is 28.5 Å². The van der Waals surface area contributed by atoms with Crippen molar-refractivity contribution in [3.8, 4) is 5.69 Å². The van der Waals surface area contributed by atoms with Crippen LogP contribution in [0.3, 0.4) is 0 Å². The normalized spacial score (nSPS) is 18.3. The molecule has 24 heavy (non-hydrogen) atoms. The first kappa shape index (κ1) is 14.0. The predicted octanol–water partition coefficient (Wildman–Crippen LogP) is 3.59. The highest BCUT2D eigenvalue weighted by atomic mass is 35.5. The Kier molecular flexibility index (Phi) is 2.80. The number of benzene rings is 1. The summed E-state index contributed by atoms with van der Waals surface area (Å²) in [7, 11) is 0. The first-order valence-electron chi connectivity index (χ1n) is 8.12. The molecular weight excluding hydrogens is 324 g/mol. The molecule has 5 rings (SSSR count). The number of hydrogen-bond donors (Lipinski definition) is 1. The molecule has 2 aliphatic rings. The standard InChI is InChI=1S/C18H15ClN4O/c19-14-8-12(23-6-3-11-9-20-10-21-16(11)23)7-13-15(14)17(24)22-18(13)4-1-2-5-18/h3,6-10H,1-2,4-5H2,(H,22,24). The fourth-order valence-electron chi connectivity index (χ4n) is 4.15. The maximum Gasteiger partial charge on any atom is 0.253 e. The average Bonchev–Trinajstić information content (AvgIpc) is 3.27. The Bertz CT molecular complexity index is 988. The zero-order valence-electron chi connectivity index (χ0n) is 12.9. The molecule has 3 heterocycles. The van der Waals surface area contributed by atoms with Crippen LogP contribution in [0.2, 0.25) is 5.02 Å². The van der Waals surface area contributed by atoms with E-state index in [1.807, 2.05) is 22.9 Å². The number of fused-ring (bicyclic) bond motifs is 3. The summed E-state index contributed by atoms with van der Waals surface area (Å²) in [6, 6.07) is 5.91. The van der Waals surface area contributed by atoms with Gasteiger partial charge in [0.2, 0.25) is 0 Å². The van der Waals surface area contributed by atoms with Crippen molar-refractivity contribution in [1.82, 2.24) is 19.9 Å². The van der Waals surface area contributed by atoms with E-state index in [-0.39, 0.29) is 11.4 Å². The molecule has 0 unspecified atom stereocenters. The molecule has 3 aromatic rings. The van der Waals surface area contributed by atoms with Gasteiger partial charge < -0.3 is 9.88 Å². The molecule has 1 aliphatic heterocycles. The van der Waals surface area contributed by atoms with Crippen LogP contribution in [-0.2, 0) is 5.54 Å². The summed E-state index contributed by atoms with van der Waals surface area (Å²) in [6.07, 6.45) is 9.49. The van der Waals surface area contributed by atoms with Crippen LogP contribution in [0, 0.1) is 0 Å². The lowest BCUT2D eigenvalue weighted by Gasteiger charge is -2.25. The summed E-state index contributed by atoms with van der Waals surface area (Å²) in [5.41, 5.74) is 3.18. The lowest BCUT2D eigenvalue weighted by Crippen LogP contribution is -2.36. The predicted molar refractivity (Wildman–Crippen MR) is 91.5 cm³/mol. The summed E-state index contributed by atoms with van der Waals surface area (Å²) in [4.78, 5) is 20.9. The Morgan fingerprint density at radius 1 is 1.25 bits per heavy atom. The third kappa shape index (κ3) is 1.79. The lowest BCUT2D eigenvalue weighted by atomic mass is 9.88. The topological polar surface area (TPSA) is 59.8 Å². The molecule has 5 nitrogen and oxygen atoms in total. The van der Waals surface area contributed by atoms with E-state index in [0.29, 0.717) is 10.6 Å². The highest BCUT2D eigenvalue weighted by molar-refractivity contribution is 6.34. The van der Waals surface area contributed by atoms with Crippen LogP contribution >= 0.6 is 11.6 Å². The largest absolute Gasteiger partial charge is 0.342 e. The second-order valence-electron chi connectivity index (χ2n) is 6.58. The van der Waals surface area contributed by atoms with Crippen molar-refractivity contribution in [1.29, 1.82) is 0 Å². The number of aromatic nitrogens is 3. The molecule has 1 aliphatic carbocycles. The number of nitrogens with one attached hydrogen (secondary N) is 1. The van der Waals surface area contributed by atoms with Crippen LogP contribution in [0.1, 0.15) is 41.6 Å². The van der Waals surface area contributed by atoms with Gasteiger partial charge in [0, 0.05) is 23.5 Å². The molecule has 0 radical (unpaired) electrons. The Labute approximate surface area is 143 Å². The molecule has 1 aromatic carbocycles. The first-order chi connectivity index (χ1) is 11.7. The number of carbonyl (C=O) groups is 1. The second kappa shape index (κ2) is 4.80. The van der Waals surface area contributed by atoms with Crippen LogP contribution < -0.4 is 5.32 Å². The van der Waals surface area contributed by atoms with E-state index in [1.54, 1.807) is 6.20 Å². The molecule has 1 fully saturated rings. The van der Waals surface area contributed by atoms with Gasteiger partial charge in [-0.2, -0.15) is 0 Å². The SMILES string of the molecule is O=C1NC2(CCCC2)c2cc(-n3ccc4cncnc43)cc(Cl)c21. The molecule has 1 amide bonds. The monoisotopic (exact) mass is 338 g/mol. The Morgan fingerprint density at radius 3 is 2.92 bits per heavy atom. The van der Waals surface area contributed by atoms with E-state index in [0.717, 1.165) is 48.0 Å². The Hall–Kier alpha value is -2.40. The fourth-order valence-corrected chi connectivity index (χ4v) is 4.45. The number of amides is 1. The lowest BCUT2D eigenvalue weighted by molar-refractivity contribution is 0.0931. The van der Waals surface area contributed by atoms with E-state index in [2.05, 4.69) is 21.4 Å². The van der Waals surface area contributed by atoms with Gasteiger partial charge in [0.1, 0.15) is 12.0 Å². The van der Waals surface area contributed by atoms with Crippen LogP contribution in [0.5, 0.6) is 0 Å². The molecule has 6 heteroatoms. The van der Waals surface area contributed by atoms with Gasteiger partial charge in [-0.1, -0.05) is 24.4 Å². The molecule has 1 N–H and O–H groups in total. The van der Waals surface area contributed by atoms with Crippen molar-refractivity contribution in [2.75, 3.05) is 0 Å². The quantitative estimate of drug-likeness (QED) is 0.737. The van der Waals surface area contributed by atoms with Crippen LogP contribution in [0.15, 0.2) is 36.9 Å². The van der Waals surface area contributed by atoms with Gasteiger partial charge in [0.15, 0.2) is 0 Å². The molecular formula is C18H15ClN4O. The average molecular weight is 339 g/mol. The van der Waals surface area contributed by atoms with Crippen molar-refractivity contribution in [3.63, 3.8) is 0 Å². The minimum atomic E-state index is -0.246. The van der Waals surface area contributed by atoms with Crippen LogP contribution in [0.4, 0.5) is 0 Å². The summed E-state index contributed by atoms with van der Waals surface area (Å²) in [5, 5.41) is 4.66. The first-order valence-corrected chi connectivity index (χ1v) is 8.50. The van der Waals surface area contributed by atoms with E-state index < -0.39 is 0 Å². The molecule has 0 saturated heterocycles. The third-order valence-electron chi connectivity index (χ3n) is 5.26. The highest BCUT2D eigenvalue weighted by Crippen LogP contribution is 2.46. The van der Waals surface area contributed by atoms with Crippen molar-refractivity contribution in [3.05, 3.63) is 53.1 Å². The minimum Gasteiger partial charge on any atom is -0.342 e. The molecule has 2 aromatic heterocycles. The summed E-state index contributed by atoms with van der Waals surface area (Å²) < 4.78 is 1.99. The molecule has 1 saturated carbocycles. The van der Waals surface area contributed by atoms with Crippen molar-refractivity contribution < 1.29 is 4.79 Å². The second-order valence-corrected chi connectivity index (χ2v) is 6.99. The third-order valence-corrected chi connectivity index (χ3v) is 5.55. The zero-order valence-corrected chi connectivity index (χ0v) is 13.7. The number of halogens is 1. The van der Waals surface area contributed by atoms with E-state index in [9.17, 15) is 4.79 Å². The number of nitrogens with zero attached hydrogens (tertiary/aromatic N) is 3. The van der Waals surface area contributed by atoms with Gasteiger partial charge in [-0.15, -0.1) is 0 Å². The van der Waals surface area contributed by atoms with Crippen molar-refractivity contribution in [2.45, 2.75) is 31.2 Å². The molecule has 0 atom stereocenters. The smallest absolute Gasteiger partial charge is 0.253 e. The number of hydrogen-bond acceptors (Lipinski definition) is 3. The highest BCUT2D eigenvalue weighted by Gasteiger charge is 2.45. The van der Waals surface area contributed by atoms with Gasteiger partial charge in [-0.3, -0.25) is 4.79 Å². The number of carbonyl (C=O) groups excluding carboxylic acids is 1. The van der Waals surface area contributed by atoms with Crippen molar-refractivity contribution in [2.24, 2.45) is 0 Å². The van der Waals surface area contributed by atoms with Gasteiger partial charge in [0.25, 0.3) is 5.91 Å². The van der Waals surface area contributed by atoms with Gasteiger partial charge in [-0.25, -0.2) is 9.97 Å². The summed E-state index contributed by atoms with van der Waals surface area (Å²) in [5.74, 6) is -0.0526. The van der Waals surface area contributed by atoms with E-state index >= 15 is 0 Å². The van der Waals surface area contributed by atoms with E-state index in [1.165, 1.54) is 6.33 Å². The van der Waals surface area contributed by atoms with Crippen LogP contribution in [-0.4, -0.2) is 20.4 Å². The summed E-state index contributed by atoms with van der Waals surface area (Å²) >= 11 is 6.49. The summed E-state index contributed by atoms with van der Waals surface area (Å²) in [6.45, 7) is 0. The minimum absolute atomic E-state index is 0.0526. The maximum atomic E-state index is 12.4. The van der Waals surface area contributed by atoms with Crippen LogP contribution in [0.25, 0.3) is 16.7 Å². The van der Waals surface area contributed by atoms with Gasteiger partial charge in [-0.05, 0) is 36.6 Å². The maximum absolute atomic E-state index is 12.4.